The van der Waals surface area contributed by atoms with Crippen molar-refractivity contribution in [1.29, 1.82) is 0 Å². The van der Waals surface area contributed by atoms with E-state index in [2.05, 4.69) is 5.32 Å². The number of hydrogen-bond acceptors (Lipinski definition) is 8. The standard InChI is InChI=1S/C16H23N3O8S/c1-5-26-14(20)11(10-17-15(21)27-16(2,3)4)18-28(24,25)13-9-7-6-8-12(13)19(22)23/h6-9,11,18H,5,10H2,1-4H3,(H,17,21)/t11-/m0/s1. The summed E-state index contributed by atoms with van der Waals surface area (Å²) in [6, 6.07) is 3.15. The van der Waals surface area contributed by atoms with Crippen LogP contribution in [0.1, 0.15) is 27.7 Å². The number of rotatable bonds is 8. The molecule has 2 N–H and O–H groups in total. The number of nitro groups is 1. The number of benzene rings is 1. The Balaban J connectivity index is 3.05. The second kappa shape index (κ2) is 9.46. The second-order valence-electron chi connectivity index (χ2n) is 6.53. The van der Waals surface area contributed by atoms with Crippen molar-refractivity contribution in [3.63, 3.8) is 0 Å². The van der Waals surface area contributed by atoms with E-state index in [1.807, 2.05) is 4.72 Å². The minimum absolute atomic E-state index is 0.0328. The van der Waals surface area contributed by atoms with Crippen LogP contribution >= 0.6 is 0 Å². The average molecular weight is 417 g/mol. The normalized spacial score (nSPS) is 12.7. The molecular formula is C16H23N3O8S. The molecule has 0 aliphatic heterocycles. The van der Waals surface area contributed by atoms with Crippen LogP contribution in [0, 0.1) is 10.1 Å². The Hall–Kier alpha value is -2.73. The van der Waals surface area contributed by atoms with E-state index in [9.17, 15) is 28.1 Å². The van der Waals surface area contributed by atoms with Crippen molar-refractivity contribution >= 4 is 27.8 Å². The molecule has 0 saturated carbocycles. The van der Waals surface area contributed by atoms with E-state index < -0.39 is 55.8 Å². The van der Waals surface area contributed by atoms with E-state index in [0.29, 0.717) is 0 Å². The molecule has 0 aromatic heterocycles. The minimum atomic E-state index is -4.47. The molecule has 156 valence electrons. The van der Waals surface area contributed by atoms with Gasteiger partial charge in [-0.3, -0.25) is 14.9 Å². The number of nitro benzene ring substituents is 1. The summed E-state index contributed by atoms with van der Waals surface area (Å²) in [5.74, 6) is -0.958. The minimum Gasteiger partial charge on any atom is -0.465 e. The third-order valence-electron chi connectivity index (χ3n) is 3.07. The van der Waals surface area contributed by atoms with Crippen molar-refractivity contribution in [2.75, 3.05) is 13.2 Å². The molecule has 1 rings (SSSR count). The number of alkyl carbamates (subject to hydrolysis) is 1. The Morgan fingerprint density at radius 2 is 1.86 bits per heavy atom. The predicted octanol–water partition coefficient (Wildman–Crippen LogP) is 1.33. The fourth-order valence-electron chi connectivity index (χ4n) is 2.00. The van der Waals surface area contributed by atoms with E-state index in [1.165, 1.54) is 19.1 Å². The third-order valence-corrected chi connectivity index (χ3v) is 4.59. The van der Waals surface area contributed by atoms with E-state index in [0.717, 1.165) is 12.1 Å². The zero-order valence-electron chi connectivity index (χ0n) is 15.9. The largest absolute Gasteiger partial charge is 0.465 e. The molecule has 1 aromatic carbocycles. The van der Waals surface area contributed by atoms with Gasteiger partial charge in [0.05, 0.1) is 11.5 Å². The second-order valence-corrected chi connectivity index (χ2v) is 8.22. The highest BCUT2D eigenvalue weighted by molar-refractivity contribution is 7.89. The molecule has 1 atom stereocenters. The molecular weight excluding hydrogens is 394 g/mol. The Labute approximate surface area is 162 Å². The van der Waals surface area contributed by atoms with E-state index in [1.54, 1.807) is 20.8 Å². The van der Waals surface area contributed by atoms with Crippen molar-refractivity contribution in [2.24, 2.45) is 0 Å². The van der Waals surface area contributed by atoms with Gasteiger partial charge in [-0.2, -0.15) is 4.72 Å². The van der Waals surface area contributed by atoms with Crippen LogP contribution in [-0.4, -0.2) is 50.2 Å². The van der Waals surface area contributed by atoms with Gasteiger partial charge < -0.3 is 14.8 Å². The summed E-state index contributed by atoms with van der Waals surface area (Å²) in [5, 5.41) is 13.4. The van der Waals surface area contributed by atoms with Gasteiger partial charge in [0.25, 0.3) is 5.69 Å². The zero-order valence-corrected chi connectivity index (χ0v) is 16.7. The molecule has 0 aliphatic rings. The van der Waals surface area contributed by atoms with Crippen molar-refractivity contribution in [1.82, 2.24) is 10.0 Å². The topological polar surface area (TPSA) is 154 Å². The maximum Gasteiger partial charge on any atom is 0.407 e. The first-order valence-corrected chi connectivity index (χ1v) is 9.75. The molecule has 0 bridgehead atoms. The first-order valence-electron chi connectivity index (χ1n) is 8.26. The number of amides is 1. The monoisotopic (exact) mass is 417 g/mol. The maximum absolute atomic E-state index is 12.6. The highest BCUT2D eigenvalue weighted by atomic mass is 32.2. The van der Waals surface area contributed by atoms with E-state index >= 15 is 0 Å². The van der Waals surface area contributed by atoms with Crippen LogP contribution in [0.15, 0.2) is 29.2 Å². The molecule has 0 heterocycles. The van der Waals surface area contributed by atoms with Crippen LogP contribution in [-0.2, 0) is 24.3 Å². The number of nitrogens with zero attached hydrogens (tertiary/aromatic N) is 1. The lowest BCUT2D eigenvalue weighted by Crippen LogP contribution is -2.49. The lowest BCUT2D eigenvalue weighted by molar-refractivity contribution is -0.387. The van der Waals surface area contributed by atoms with Crippen molar-refractivity contribution in [3.8, 4) is 0 Å². The summed E-state index contributed by atoms with van der Waals surface area (Å²) in [7, 11) is -4.47. The number of hydrogen-bond donors (Lipinski definition) is 2. The molecule has 0 spiro atoms. The lowest BCUT2D eigenvalue weighted by atomic mass is 10.2. The van der Waals surface area contributed by atoms with Gasteiger partial charge in [0.15, 0.2) is 4.90 Å². The zero-order chi connectivity index (χ0) is 21.5. The lowest BCUT2D eigenvalue weighted by Gasteiger charge is -2.22. The molecule has 1 amide bonds. The predicted molar refractivity (Wildman–Crippen MR) is 98.1 cm³/mol. The van der Waals surface area contributed by atoms with E-state index in [4.69, 9.17) is 9.47 Å². The summed E-state index contributed by atoms with van der Waals surface area (Å²) >= 11 is 0. The highest BCUT2D eigenvalue weighted by Gasteiger charge is 2.32. The van der Waals surface area contributed by atoms with Gasteiger partial charge >= 0.3 is 12.1 Å². The molecule has 11 nitrogen and oxygen atoms in total. The maximum atomic E-state index is 12.6. The summed E-state index contributed by atoms with van der Waals surface area (Å²) < 4.78 is 37.0. The van der Waals surface area contributed by atoms with Crippen LogP contribution in [0.2, 0.25) is 0 Å². The Morgan fingerprint density at radius 1 is 1.25 bits per heavy atom. The Kier molecular flexibility index (Phi) is 7.88. The SMILES string of the molecule is CCOC(=O)[C@H](CNC(=O)OC(C)(C)C)NS(=O)(=O)c1ccccc1[N+](=O)[O-]. The Bertz CT molecular complexity index is 833. The Morgan fingerprint density at radius 3 is 2.39 bits per heavy atom. The molecule has 1 aromatic rings. The molecule has 0 radical (unpaired) electrons. The van der Waals surface area contributed by atoms with Gasteiger partial charge in [-0.15, -0.1) is 0 Å². The molecule has 0 unspecified atom stereocenters. The highest BCUT2D eigenvalue weighted by Crippen LogP contribution is 2.23. The van der Waals surface area contributed by atoms with Crippen molar-refractivity contribution in [3.05, 3.63) is 34.4 Å². The number of para-hydroxylation sites is 1. The van der Waals surface area contributed by atoms with Gasteiger partial charge in [0.1, 0.15) is 11.6 Å². The van der Waals surface area contributed by atoms with Crippen LogP contribution in [0.4, 0.5) is 10.5 Å². The van der Waals surface area contributed by atoms with Gasteiger partial charge in [-0.25, -0.2) is 13.2 Å². The van der Waals surface area contributed by atoms with Crippen molar-refractivity contribution in [2.45, 2.75) is 44.2 Å². The first-order chi connectivity index (χ1) is 12.9. The van der Waals surface area contributed by atoms with Crippen molar-refractivity contribution < 1.29 is 32.4 Å². The number of carbonyl (C=O) groups is 2. The van der Waals surface area contributed by atoms with Crippen LogP contribution in [0.5, 0.6) is 0 Å². The molecule has 0 fully saturated rings. The average Bonchev–Trinajstić information content (AvgIpc) is 2.57. The van der Waals surface area contributed by atoms with Gasteiger partial charge in [-0.1, -0.05) is 12.1 Å². The molecule has 28 heavy (non-hydrogen) atoms. The summed E-state index contributed by atoms with van der Waals surface area (Å²) in [6.07, 6.45) is -0.869. The summed E-state index contributed by atoms with van der Waals surface area (Å²) in [5.41, 5.74) is -1.45. The van der Waals surface area contributed by atoms with Crippen LogP contribution in [0.25, 0.3) is 0 Å². The molecule has 0 aliphatic carbocycles. The van der Waals surface area contributed by atoms with Gasteiger partial charge in [-0.05, 0) is 33.8 Å². The number of nitrogens with one attached hydrogen (secondary N) is 2. The fraction of sp³-hybridized carbons (Fsp3) is 0.500. The third kappa shape index (κ3) is 7.12. The van der Waals surface area contributed by atoms with Gasteiger partial charge in [0.2, 0.25) is 10.0 Å². The molecule has 0 saturated heterocycles. The number of sulfonamides is 1. The number of carbonyl (C=O) groups excluding carboxylic acids is 2. The summed E-state index contributed by atoms with van der Waals surface area (Å²) in [4.78, 5) is 33.5. The number of esters is 1. The van der Waals surface area contributed by atoms with E-state index in [-0.39, 0.29) is 6.61 Å². The van der Waals surface area contributed by atoms with Gasteiger partial charge in [0, 0.05) is 12.6 Å². The smallest absolute Gasteiger partial charge is 0.407 e. The van der Waals surface area contributed by atoms with Crippen LogP contribution in [0.3, 0.4) is 0 Å². The first kappa shape index (κ1) is 23.3. The molecule has 12 heteroatoms. The fourth-order valence-corrected chi connectivity index (χ4v) is 3.36. The number of ether oxygens (including phenoxy) is 2. The van der Waals surface area contributed by atoms with Crippen LogP contribution < -0.4 is 10.0 Å². The summed E-state index contributed by atoms with van der Waals surface area (Å²) in [6.45, 7) is 5.90. The quantitative estimate of drug-likeness (QED) is 0.365.